The second-order valence-corrected chi connectivity index (χ2v) is 16.1. The van der Waals surface area contributed by atoms with Crippen LogP contribution in [0, 0.1) is 5.92 Å². The number of ketones is 1. The van der Waals surface area contributed by atoms with Gasteiger partial charge in [-0.2, -0.15) is 0 Å². The summed E-state index contributed by atoms with van der Waals surface area (Å²) < 4.78 is 0.854. The fourth-order valence-electron chi connectivity index (χ4n) is 6.07. The minimum atomic E-state index is -1.06. The van der Waals surface area contributed by atoms with Crippen LogP contribution in [0.15, 0.2) is 34.5 Å². The van der Waals surface area contributed by atoms with E-state index in [0.717, 1.165) is 41.0 Å². The lowest BCUT2D eigenvalue weighted by Gasteiger charge is -2.12. The molecule has 15 heteroatoms. The molecule has 0 spiro atoms. The summed E-state index contributed by atoms with van der Waals surface area (Å²) in [5, 5.41) is 46.3. The van der Waals surface area contributed by atoms with Gasteiger partial charge < -0.3 is 30.8 Å². The number of alkyl halides is 1. The SMILES string of the molecule is CCC(Cl)CC(=O)O.CCCCCCCCCCCC(O)CC(=O)O.CSc1sc(C(=O)O)c2c1C(=O)CCC2.O=C(O)C1C(=O)NCC1c1ccccc1. The molecule has 2 heterocycles. The number of hydrogen-bond donors (Lipinski definition) is 6. The highest BCUT2D eigenvalue weighted by molar-refractivity contribution is 8.00. The molecule has 2 aromatic rings. The Labute approximate surface area is 337 Å². The molecule has 12 nitrogen and oxygen atoms in total. The van der Waals surface area contributed by atoms with Crippen molar-refractivity contribution in [2.45, 2.75) is 138 Å². The number of carbonyl (C=O) groups excluding carboxylic acids is 2. The Bertz CT molecular complexity index is 1500. The van der Waals surface area contributed by atoms with Crippen molar-refractivity contribution in [2.75, 3.05) is 12.8 Å². The van der Waals surface area contributed by atoms with E-state index in [2.05, 4.69) is 12.2 Å². The zero-order chi connectivity index (χ0) is 41.3. The summed E-state index contributed by atoms with van der Waals surface area (Å²) in [6.45, 7) is 4.49. The van der Waals surface area contributed by atoms with Crippen LogP contribution < -0.4 is 5.32 Å². The maximum atomic E-state index is 11.7. The molecule has 0 saturated carbocycles. The molecule has 1 aromatic heterocycles. The molecule has 4 atom stereocenters. The number of aliphatic hydroxyl groups excluding tert-OH is 1. The number of carboxylic acid groups (broad SMARTS) is 4. The zero-order valence-electron chi connectivity index (χ0n) is 32.1. The van der Waals surface area contributed by atoms with E-state index in [9.17, 15) is 33.9 Å². The van der Waals surface area contributed by atoms with E-state index in [1.807, 2.05) is 43.5 Å². The smallest absolute Gasteiger partial charge is 0.346 e. The largest absolute Gasteiger partial charge is 0.481 e. The van der Waals surface area contributed by atoms with Crippen LogP contribution in [0.3, 0.4) is 0 Å². The van der Waals surface area contributed by atoms with Crippen molar-refractivity contribution >= 4 is 70.3 Å². The summed E-state index contributed by atoms with van der Waals surface area (Å²) in [6, 6.07) is 9.25. The topological polar surface area (TPSA) is 216 Å². The summed E-state index contributed by atoms with van der Waals surface area (Å²) in [7, 11) is 0. The fraction of sp³-hybridized carbons (Fsp3) is 0.600. The van der Waals surface area contributed by atoms with Gasteiger partial charge in [-0.15, -0.1) is 34.7 Å². The lowest BCUT2D eigenvalue weighted by molar-refractivity contribution is -0.146. The second-order valence-electron chi connectivity index (χ2n) is 13.4. The molecule has 1 saturated heterocycles. The molecule has 55 heavy (non-hydrogen) atoms. The van der Waals surface area contributed by atoms with Crippen molar-refractivity contribution in [1.29, 1.82) is 0 Å². The average molecular weight is 828 g/mol. The lowest BCUT2D eigenvalue weighted by atomic mass is 9.89. The highest BCUT2D eigenvalue weighted by Gasteiger charge is 2.41. The van der Waals surface area contributed by atoms with Crippen molar-refractivity contribution in [3.05, 3.63) is 51.9 Å². The Balaban J connectivity index is 0.000000377. The molecule has 308 valence electrons. The first-order valence-electron chi connectivity index (χ1n) is 18.9. The van der Waals surface area contributed by atoms with E-state index in [4.69, 9.17) is 32.0 Å². The standard InChI is InChI=1S/C14H28O3.C11H11NO3.C10H10O3S2.C5H9ClO2/c1-2-3-4-5-6-7-8-9-10-11-13(15)12-14(16)17;13-10-9(11(14)15)8(6-12-10)7-4-2-1-3-5-7;1-14-10-7-5(3-2-4-6(7)11)8(15-10)9(12)13;1-2-4(6)3-5(7)8/h13,15H,2-12H2,1H3,(H,16,17);1-5,8-9H,6H2,(H,12,13)(H,14,15);2-4H2,1H3,(H,12,13);4H,2-3H2,1H3,(H,7,8). The molecule has 1 aliphatic heterocycles. The number of thiophene rings is 1. The van der Waals surface area contributed by atoms with Crippen LogP contribution in [-0.2, 0) is 25.6 Å². The second kappa shape index (κ2) is 28.0. The van der Waals surface area contributed by atoms with E-state index in [0.29, 0.717) is 36.2 Å². The van der Waals surface area contributed by atoms with Crippen molar-refractivity contribution in [3.8, 4) is 0 Å². The summed E-state index contributed by atoms with van der Waals surface area (Å²) in [5.74, 6) is -5.20. The van der Waals surface area contributed by atoms with Crippen molar-refractivity contribution < 1.29 is 54.3 Å². The maximum absolute atomic E-state index is 11.7. The van der Waals surface area contributed by atoms with Gasteiger partial charge in [-0.05, 0) is 43.1 Å². The molecule has 2 aliphatic rings. The highest BCUT2D eigenvalue weighted by atomic mass is 35.5. The third-order valence-corrected chi connectivity index (χ3v) is 11.8. The van der Waals surface area contributed by atoms with Crippen LogP contribution in [0.5, 0.6) is 0 Å². The first-order chi connectivity index (χ1) is 26.2. The van der Waals surface area contributed by atoms with Crippen molar-refractivity contribution in [3.63, 3.8) is 0 Å². The third-order valence-electron chi connectivity index (χ3n) is 9.03. The number of fused-ring (bicyclic) bond motifs is 1. The van der Waals surface area contributed by atoms with Gasteiger partial charge in [-0.3, -0.25) is 24.0 Å². The molecule has 1 amide bonds. The summed E-state index contributed by atoms with van der Waals surface area (Å²) in [6.07, 6.45) is 15.8. The first-order valence-corrected chi connectivity index (χ1v) is 21.4. The Morgan fingerprint density at radius 2 is 1.45 bits per heavy atom. The van der Waals surface area contributed by atoms with Crippen molar-refractivity contribution in [1.82, 2.24) is 5.32 Å². The number of unbranched alkanes of at least 4 members (excludes halogenated alkanes) is 8. The van der Waals surface area contributed by atoms with Gasteiger partial charge in [0.2, 0.25) is 5.91 Å². The van der Waals surface area contributed by atoms with Gasteiger partial charge in [0.15, 0.2) is 5.78 Å². The number of carbonyl (C=O) groups is 6. The highest BCUT2D eigenvalue weighted by Crippen LogP contribution is 2.39. The number of halogens is 1. The van der Waals surface area contributed by atoms with Gasteiger partial charge in [0.1, 0.15) is 10.8 Å². The van der Waals surface area contributed by atoms with Crippen LogP contribution in [0.1, 0.15) is 147 Å². The van der Waals surface area contributed by atoms with Gasteiger partial charge in [0, 0.05) is 29.8 Å². The number of hydrogen-bond acceptors (Lipinski definition) is 9. The normalized spacial score (nSPS) is 16.7. The van der Waals surface area contributed by atoms with Crippen LogP contribution >= 0.6 is 34.7 Å². The average Bonchev–Trinajstić information content (AvgIpc) is 3.73. The van der Waals surface area contributed by atoms with E-state index in [1.165, 1.54) is 68.0 Å². The zero-order valence-corrected chi connectivity index (χ0v) is 34.5. The molecule has 1 aromatic carbocycles. The molecule has 1 fully saturated rings. The Kier molecular flexibility index (Phi) is 25.2. The molecule has 4 unspecified atom stereocenters. The number of amides is 1. The molecule has 1 aliphatic carbocycles. The number of carboxylic acids is 4. The summed E-state index contributed by atoms with van der Waals surface area (Å²) in [5.41, 5.74) is 2.33. The minimum absolute atomic E-state index is 0.0675. The first kappa shape index (κ1) is 49.6. The number of thioether (sulfide) groups is 1. The molecular formula is C40H58ClNO11S2. The number of aliphatic carboxylic acids is 3. The lowest BCUT2D eigenvalue weighted by Crippen LogP contribution is -2.26. The summed E-state index contributed by atoms with van der Waals surface area (Å²) in [4.78, 5) is 65.5. The molecule has 6 N–H and O–H groups in total. The fourth-order valence-corrected chi connectivity index (χ4v) is 8.17. The number of aromatic carboxylic acids is 1. The van der Waals surface area contributed by atoms with Gasteiger partial charge in [0.05, 0.1) is 23.2 Å². The van der Waals surface area contributed by atoms with Gasteiger partial charge >= 0.3 is 23.9 Å². The van der Waals surface area contributed by atoms with Crippen LogP contribution in [-0.4, -0.2) is 85.4 Å². The molecular weight excluding hydrogens is 770 g/mol. The number of rotatable bonds is 19. The third kappa shape index (κ3) is 19.3. The van der Waals surface area contributed by atoms with Gasteiger partial charge in [0.25, 0.3) is 0 Å². The molecule has 4 rings (SSSR count). The van der Waals surface area contributed by atoms with E-state index in [1.54, 1.807) is 0 Å². The minimum Gasteiger partial charge on any atom is -0.481 e. The quantitative estimate of drug-likeness (QED) is 0.0340. The van der Waals surface area contributed by atoms with Crippen LogP contribution in [0.2, 0.25) is 0 Å². The number of Topliss-reactive ketones (excluding diaryl/α,β-unsaturated/α-hetero) is 1. The monoisotopic (exact) mass is 827 g/mol. The van der Waals surface area contributed by atoms with Crippen LogP contribution in [0.25, 0.3) is 0 Å². The van der Waals surface area contributed by atoms with Crippen LogP contribution in [0.4, 0.5) is 0 Å². The van der Waals surface area contributed by atoms with E-state index in [-0.39, 0.29) is 29.9 Å². The Hall–Kier alpha value is -3.46. The molecule has 0 bridgehead atoms. The van der Waals surface area contributed by atoms with E-state index < -0.39 is 41.8 Å². The number of aliphatic hydroxyl groups is 1. The predicted molar refractivity (Wildman–Crippen MR) is 216 cm³/mol. The number of nitrogens with one attached hydrogen (secondary N) is 1. The molecule has 0 radical (unpaired) electrons. The van der Waals surface area contributed by atoms with Gasteiger partial charge in [-0.25, -0.2) is 4.79 Å². The predicted octanol–water partition coefficient (Wildman–Crippen LogP) is 8.51. The van der Waals surface area contributed by atoms with E-state index >= 15 is 0 Å². The van der Waals surface area contributed by atoms with Gasteiger partial charge in [-0.1, -0.05) is 102 Å². The number of benzene rings is 1. The summed E-state index contributed by atoms with van der Waals surface area (Å²) >= 11 is 8.17. The van der Waals surface area contributed by atoms with Crippen molar-refractivity contribution in [2.24, 2.45) is 5.92 Å². The Morgan fingerprint density at radius 3 is 1.95 bits per heavy atom. The Morgan fingerprint density at radius 1 is 0.873 bits per heavy atom. The maximum Gasteiger partial charge on any atom is 0.346 e.